The first-order valence-electron chi connectivity index (χ1n) is 5.83. The molecule has 0 bridgehead atoms. The van der Waals surface area contributed by atoms with E-state index in [0.29, 0.717) is 0 Å². The normalized spacial score (nSPS) is 11.8. The summed E-state index contributed by atoms with van der Waals surface area (Å²) in [6.45, 7) is 1.95. The molecule has 2 rings (SSSR count). The van der Waals surface area contributed by atoms with Crippen LogP contribution in [0, 0.1) is 12.7 Å². The summed E-state index contributed by atoms with van der Waals surface area (Å²) in [5, 5.41) is 4.03. The van der Waals surface area contributed by atoms with E-state index in [1.165, 1.54) is 6.07 Å². The number of halogens is 1. The van der Waals surface area contributed by atoms with Crippen molar-refractivity contribution in [2.75, 3.05) is 5.73 Å². The molecule has 1 aromatic carbocycles. The molecule has 0 fully saturated rings. The van der Waals surface area contributed by atoms with E-state index in [1.807, 2.05) is 6.92 Å². The zero-order valence-electron chi connectivity index (χ0n) is 11.1. The van der Waals surface area contributed by atoms with E-state index in [4.69, 9.17) is 5.73 Å². The minimum Gasteiger partial charge on any atom is -0.396 e. The zero-order valence-corrected chi connectivity index (χ0v) is 11.9. The predicted molar refractivity (Wildman–Crippen MR) is 72.8 cm³/mol. The highest BCUT2D eigenvalue weighted by Crippen LogP contribution is 2.17. The Kier molecular flexibility index (Phi) is 3.78. The van der Waals surface area contributed by atoms with Gasteiger partial charge in [0, 0.05) is 24.8 Å². The fraction of sp³-hybridized carbons (Fsp3) is 0.250. The van der Waals surface area contributed by atoms with Crippen LogP contribution in [0.2, 0.25) is 0 Å². The summed E-state index contributed by atoms with van der Waals surface area (Å²) in [4.78, 5) is -0.0713. The molecule has 0 unspecified atom stereocenters. The molecule has 108 valence electrons. The van der Waals surface area contributed by atoms with E-state index in [1.54, 1.807) is 17.9 Å². The second kappa shape index (κ2) is 5.22. The Morgan fingerprint density at radius 1 is 1.45 bits per heavy atom. The first kappa shape index (κ1) is 14.5. The summed E-state index contributed by atoms with van der Waals surface area (Å²) in [6, 6.07) is 3.29. The number of nitrogens with one attached hydrogen (secondary N) is 1. The monoisotopic (exact) mass is 298 g/mol. The summed E-state index contributed by atoms with van der Waals surface area (Å²) in [6.07, 6.45) is 1.59. The van der Waals surface area contributed by atoms with Crippen LogP contribution in [0.3, 0.4) is 0 Å². The highest BCUT2D eigenvalue weighted by atomic mass is 32.2. The minimum absolute atomic E-state index is 0.0713. The van der Waals surface area contributed by atoms with Crippen LogP contribution in [0.4, 0.5) is 10.1 Å². The molecule has 0 spiro atoms. The number of sulfonamides is 1. The van der Waals surface area contributed by atoms with Crippen LogP contribution in [0.25, 0.3) is 0 Å². The Bertz CT molecular complexity index is 740. The minimum atomic E-state index is -3.74. The molecular formula is C12H15FN4O2S. The van der Waals surface area contributed by atoms with E-state index in [9.17, 15) is 12.8 Å². The summed E-state index contributed by atoms with van der Waals surface area (Å²) < 4.78 is 41.3. The number of anilines is 1. The van der Waals surface area contributed by atoms with Crippen LogP contribution < -0.4 is 10.5 Å². The van der Waals surface area contributed by atoms with Gasteiger partial charge < -0.3 is 5.73 Å². The number of hydrogen-bond donors (Lipinski definition) is 2. The highest BCUT2D eigenvalue weighted by Gasteiger charge is 2.16. The van der Waals surface area contributed by atoms with Crippen molar-refractivity contribution in [1.29, 1.82) is 0 Å². The molecule has 3 N–H and O–H groups in total. The lowest BCUT2D eigenvalue weighted by molar-refractivity contribution is 0.580. The lowest BCUT2D eigenvalue weighted by Gasteiger charge is -2.07. The Balaban J connectivity index is 2.19. The second-order valence-electron chi connectivity index (χ2n) is 4.39. The van der Waals surface area contributed by atoms with Crippen LogP contribution >= 0.6 is 0 Å². The van der Waals surface area contributed by atoms with Gasteiger partial charge in [-0.05, 0) is 25.1 Å². The maximum Gasteiger partial charge on any atom is 0.240 e. The Morgan fingerprint density at radius 2 is 2.15 bits per heavy atom. The van der Waals surface area contributed by atoms with Gasteiger partial charge in [-0.15, -0.1) is 0 Å². The summed E-state index contributed by atoms with van der Waals surface area (Å²) in [5.74, 6) is -0.646. The quantitative estimate of drug-likeness (QED) is 0.822. The molecule has 0 amide bonds. The van der Waals surface area contributed by atoms with E-state index >= 15 is 0 Å². The van der Waals surface area contributed by atoms with Gasteiger partial charge in [-0.2, -0.15) is 5.10 Å². The van der Waals surface area contributed by atoms with Crippen LogP contribution in [0.15, 0.2) is 29.3 Å². The fourth-order valence-corrected chi connectivity index (χ4v) is 2.70. The van der Waals surface area contributed by atoms with Gasteiger partial charge in [0.15, 0.2) is 0 Å². The van der Waals surface area contributed by atoms with Crippen molar-refractivity contribution in [2.45, 2.75) is 18.4 Å². The number of hydrogen-bond acceptors (Lipinski definition) is 4. The smallest absolute Gasteiger partial charge is 0.240 e. The first-order valence-corrected chi connectivity index (χ1v) is 7.32. The van der Waals surface area contributed by atoms with Crippen molar-refractivity contribution in [2.24, 2.45) is 7.05 Å². The number of rotatable bonds is 4. The van der Waals surface area contributed by atoms with Crippen molar-refractivity contribution in [3.63, 3.8) is 0 Å². The predicted octanol–water partition coefficient (Wildman–Crippen LogP) is 0.928. The number of nitrogens with two attached hydrogens (primary N) is 1. The zero-order chi connectivity index (χ0) is 14.9. The van der Waals surface area contributed by atoms with Gasteiger partial charge >= 0.3 is 0 Å². The van der Waals surface area contributed by atoms with E-state index in [2.05, 4.69) is 9.82 Å². The molecule has 0 aliphatic carbocycles. The van der Waals surface area contributed by atoms with E-state index < -0.39 is 15.8 Å². The second-order valence-corrected chi connectivity index (χ2v) is 6.15. The third-order valence-electron chi connectivity index (χ3n) is 3.07. The van der Waals surface area contributed by atoms with E-state index in [0.717, 1.165) is 23.4 Å². The fourth-order valence-electron chi connectivity index (χ4n) is 1.66. The molecule has 0 saturated carbocycles. The van der Waals surface area contributed by atoms with Crippen LogP contribution in [0.1, 0.15) is 11.3 Å². The Hall–Kier alpha value is -1.93. The van der Waals surface area contributed by atoms with Gasteiger partial charge in [-0.1, -0.05) is 0 Å². The van der Waals surface area contributed by atoms with Crippen molar-refractivity contribution in [3.8, 4) is 0 Å². The molecule has 2 aromatic rings. The Morgan fingerprint density at radius 3 is 2.70 bits per heavy atom. The third kappa shape index (κ3) is 2.81. The summed E-state index contributed by atoms with van der Waals surface area (Å²) >= 11 is 0. The third-order valence-corrected chi connectivity index (χ3v) is 4.47. The van der Waals surface area contributed by atoms with Gasteiger partial charge in [0.2, 0.25) is 10.0 Å². The lowest BCUT2D eigenvalue weighted by atomic mass is 10.3. The maximum atomic E-state index is 13.0. The topological polar surface area (TPSA) is 90.0 Å². The van der Waals surface area contributed by atoms with Crippen LogP contribution in [-0.4, -0.2) is 18.2 Å². The molecule has 20 heavy (non-hydrogen) atoms. The van der Waals surface area contributed by atoms with Gasteiger partial charge in [0.25, 0.3) is 0 Å². The van der Waals surface area contributed by atoms with Gasteiger partial charge in [0.05, 0.1) is 16.8 Å². The molecule has 0 radical (unpaired) electrons. The standard InChI is InChI=1S/C12H15FN4O2S/c1-8-9(6-15-17(8)2)7-16-20(18,19)10-3-4-11(13)12(14)5-10/h3-6,16H,7,14H2,1-2H3. The van der Waals surface area contributed by atoms with Gasteiger partial charge in [0.1, 0.15) is 5.82 Å². The number of nitrogen functional groups attached to an aromatic ring is 1. The van der Waals surface area contributed by atoms with E-state index in [-0.39, 0.29) is 17.1 Å². The molecule has 0 atom stereocenters. The van der Waals surface area contributed by atoms with Gasteiger partial charge in [-0.3, -0.25) is 4.68 Å². The maximum absolute atomic E-state index is 13.0. The van der Waals surface area contributed by atoms with Crippen molar-refractivity contribution in [1.82, 2.24) is 14.5 Å². The molecule has 1 aromatic heterocycles. The van der Waals surface area contributed by atoms with Crippen LogP contribution in [0.5, 0.6) is 0 Å². The molecule has 0 saturated heterocycles. The molecule has 0 aliphatic heterocycles. The number of aryl methyl sites for hydroxylation is 1. The first-order chi connectivity index (χ1) is 9.31. The SMILES string of the molecule is Cc1c(CNS(=O)(=O)c2ccc(F)c(N)c2)cnn1C. The molecular weight excluding hydrogens is 283 g/mol. The van der Waals surface area contributed by atoms with Gasteiger partial charge in [-0.25, -0.2) is 17.5 Å². The van der Waals surface area contributed by atoms with Crippen molar-refractivity contribution < 1.29 is 12.8 Å². The lowest BCUT2D eigenvalue weighted by Crippen LogP contribution is -2.23. The highest BCUT2D eigenvalue weighted by molar-refractivity contribution is 7.89. The molecule has 6 nitrogen and oxygen atoms in total. The largest absolute Gasteiger partial charge is 0.396 e. The number of benzene rings is 1. The average Bonchev–Trinajstić information content (AvgIpc) is 2.71. The van der Waals surface area contributed by atoms with Crippen molar-refractivity contribution in [3.05, 3.63) is 41.5 Å². The van der Waals surface area contributed by atoms with Crippen LogP contribution in [-0.2, 0) is 23.6 Å². The molecule has 1 heterocycles. The van der Waals surface area contributed by atoms with Crippen molar-refractivity contribution >= 4 is 15.7 Å². The average molecular weight is 298 g/mol. The number of aromatic nitrogens is 2. The molecule has 8 heteroatoms. The molecule has 0 aliphatic rings. The number of nitrogens with zero attached hydrogens (tertiary/aromatic N) is 2. The summed E-state index contributed by atoms with van der Waals surface area (Å²) in [7, 11) is -1.97. The summed E-state index contributed by atoms with van der Waals surface area (Å²) in [5.41, 5.74) is 6.80. The Labute approximate surface area is 116 Å².